The first-order valence-corrected chi connectivity index (χ1v) is 31.0. The van der Waals surface area contributed by atoms with Crippen LogP contribution < -0.4 is 0 Å². The van der Waals surface area contributed by atoms with Gasteiger partial charge in [0, 0.05) is 19.3 Å². The first kappa shape index (κ1) is 70.8. The van der Waals surface area contributed by atoms with Crippen LogP contribution in [0.15, 0.2) is 122 Å². The van der Waals surface area contributed by atoms with Crippen LogP contribution in [0.4, 0.5) is 0 Å². The zero-order valence-electron chi connectivity index (χ0n) is 48.8. The Hall–Kier alpha value is -4.19. The van der Waals surface area contributed by atoms with Crippen molar-refractivity contribution in [3.05, 3.63) is 122 Å². The van der Waals surface area contributed by atoms with Crippen LogP contribution in [-0.4, -0.2) is 37.2 Å². The molecule has 0 heterocycles. The summed E-state index contributed by atoms with van der Waals surface area (Å²) in [5, 5.41) is 0. The normalized spacial score (nSPS) is 12.9. The van der Waals surface area contributed by atoms with Crippen molar-refractivity contribution < 1.29 is 28.6 Å². The van der Waals surface area contributed by atoms with E-state index in [1.165, 1.54) is 89.9 Å². The van der Waals surface area contributed by atoms with Gasteiger partial charge >= 0.3 is 17.9 Å². The van der Waals surface area contributed by atoms with Crippen molar-refractivity contribution in [2.24, 2.45) is 0 Å². The summed E-state index contributed by atoms with van der Waals surface area (Å²) in [5.41, 5.74) is 0. The van der Waals surface area contributed by atoms with E-state index in [4.69, 9.17) is 14.2 Å². The number of esters is 3. The lowest BCUT2D eigenvalue weighted by atomic mass is 10.1. The molecule has 6 heteroatoms. The number of ether oxygens (including phenoxy) is 3. The van der Waals surface area contributed by atoms with Crippen molar-refractivity contribution in [2.75, 3.05) is 13.2 Å². The van der Waals surface area contributed by atoms with Gasteiger partial charge in [-0.15, -0.1) is 0 Å². The molecule has 0 fully saturated rings. The molecule has 1 unspecified atom stereocenters. The van der Waals surface area contributed by atoms with Gasteiger partial charge in [-0.05, 0) is 135 Å². The molecular formula is C69H114O6. The van der Waals surface area contributed by atoms with Gasteiger partial charge in [0.2, 0.25) is 0 Å². The summed E-state index contributed by atoms with van der Waals surface area (Å²) in [5.74, 6) is -0.942. The van der Waals surface area contributed by atoms with Crippen LogP contribution in [0, 0.1) is 0 Å². The average Bonchev–Trinajstić information content (AvgIpc) is 3.41. The molecule has 0 aromatic heterocycles. The van der Waals surface area contributed by atoms with Crippen LogP contribution in [-0.2, 0) is 28.6 Å². The first-order valence-electron chi connectivity index (χ1n) is 31.0. The highest BCUT2D eigenvalue weighted by molar-refractivity contribution is 5.71. The number of rotatable bonds is 55. The highest BCUT2D eigenvalue weighted by Crippen LogP contribution is 2.14. The Labute approximate surface area is 462 Å². The van der Waals surface area contributed by atoms with Gasteiger partial charge in [0.15, 0.2) is 6.10 Å². The first-order chi connectivity index (χ1) is 37.0. The molecule has 0 bridgehead atoms. The molecule has 75 heavy (non-hydrogen) atoms. The molecule has 0 aliphatic heterocycles. The maximum absolute atomic E-state index is 12.9. The quantitative estimate of drug-likeness (QED) is 0.0261. The van der Waals surface area contributed by atoms with Crippen molar-refractivity contribution >= 4 is 17.9 Å². The van der Waals surface area contributed by atoms with Gasteiger partial charge < -0.3 is 14.2 Å². The molecule has 0 saturated heterocycles. The lowest BCUT2D eigenvalue weighted by Crippen LogP contribution is -2.30. The van der Waals surface area contributed by atoms with E-state index >= 15 is 0 Å². The van der Waals surface area contributed by atoms with Crippen molar-refractivity contribution in [1.29, 1.82) is 0 Å². The summed E-state index contributed by atoms with van der Waals surface area (Å²) >= 11 is 0. The molecule has 0 aliphatic carbocycles. The third-order valence-corrected chi connectivity index (χ3v) is 12.9. The van der Waals surface area contributed by atoms with E-state index in [0.29, 0.717) is 19.3 Å². The van der Waals surface area contributed by atoms with E-state index < -0.39 is 6.10 Å². The van der Waals surface area contributed by atoms with Crippen LogP contribution in [0.25, 0.3) is 0 Å². The Bertz CT molecular complexity index is 1570. The maximum atomic E-state index is 12.9. The van der Waals surface area contributed by atoms with Gasteiger partial charge in [0.25, 0.3) is 0 Å². The van der Waals surface area contributed by atoms with Gasteiger partial charge in [0.1, 0.15) is 13.2 Å². The minimum Gasteiger partial charge on any atom is -0.462 e. The Morgan fingerprint density at radius 3 is 0.813 bits per heavy atom. The number of allylic oxidation sites excluding steroid dienone is 20. The summed E-state index contributed by atoms with van der Waals surface area (Å²) in [4.78, 5) is 38.3. The third kappa shape index (κ3) is 60.6. The number of carbonyl (C=O) groups is 3. The fraction of sp³-hybridized carbons (Fsp3) is 0.667. The minimum absolute atomic E-state index is 0.0994. The molecule has 0 rings (SSSR count). The van der Waals surface area contributed by atoms with Crippen LogP contribution >= 0.6 is 0 Å². The van der Waals surface area contributed by atoms with E-state index in [0.717, 1.165) is 148 Å². The van der Waals surface area contributed by atoms with Crippen molar-refractivity contribution in [3.8, 4) is 0 Å². The number of hydrogen-bond acceptors (Lipinski definition) is 6. The van der Waals surface area contributed by atoms with E-state index in [1.807, 2.05) is 0 Å². The molecule has 0 radical (unpaired) electrons. The molecular weight excluding hydrogens is 925 g/mol. The van der Waals surface area contributed by atoms with Gasteiger partial charge in [-0.2, -0.15) is 0 Å². The SMILES string of the molecule is CC/C=C\C/C=C\C/C=C\C/C=C\C/C=C\C/C=C\CCCCCCC(=O)OCC(COC(=O)CCCCCCC/C=C\C/C=C\CCCCCC)OC(=O)CCCCCCCCC/C=C\C/C=C\CCCCCC. The number of hydrogen-bond donors (Lipinski definition) is 0. The summed E-state index contributed by atoms with van der Waals surface area (Å²) < 4.78 is 16.9. The van der Waals surface area contributed by atoms with E-state index in [9.17, 15) is 14.4 Å². The number of carbonyl (C=O) groups excluding carboxylic acids is 3. The lowest BCUT2D eigenvalue weighted by Gasteiger charge is -2.18. The second-order valence-corrected chi connectivity index (χ2v) is 20.2. The molecule has 0 aromatic rings. The molecule has 0 aliphatic rings. The van der Waals surface area contributed by atoms with E-state index in [1.54, 1.807) is 0 Å². The smallest absolute Gasteiger partial charge is 0.306 e. The predicted molar refractivity (Wildman–Crippen MR) is 325 cm³/mol. The fourth-order valence-corrected chi connectivity index (χ4v) is 8.27. The lowest BCUT2D eigenvalue weighted by molar-refractivity contribution is -0.167. The summed E-state index contributed by atoms with van der Waals surface area (Å²) in [6.07, 6.45) is 86.1. The molecule has 1 atom stereocenters. The van der Waals surface area contributed by atoms with Gasteiger partial charge in [-0.3, -0.25) is 14.4 Å². The molecule has 0 saturated carbocycles. The fourth-order valence-electron chi connectivity index (χ4n) is 8.27. The van der Waals surface area contributed by atoms with Crippen LogP contribution in [0.5, 0.6) is 0 Å². The summed E-state index contributed by atoms with van der Waals surface area (Å²) in [7, 11) is 0. The minimum atomic E-state index is -0.804. The van der Waals surface area contributed by atoms with Crippen molar-refractivity contribution in [1.82, 2.24) is 0 Å². The second-order valence-electron chi connectivity index (χ2n) is 20.2. The van der Waals surface area contributed by atoms with Crippen molar-refractivity contribution in [2.45, 2.75) is 284 Å². The molecule has 0 aromatic carbocycles. The van der Waals surface area contributed by atoms with Gasteiger partial charge in [-0.25, -0.2) is 0 Å². The number of unbranched alkanes of at least 4 members (excludes halogenated alkanes) is 24. The highest BCUT2D eigenvalue weighted by atomic mass is 16.6. The van der Waals surface area contributed by atoms with E-state index in [-0.39, 0.29) is 31.1 Å². The van der Waals surface area contributed by atoms with Gasteiger partial charge in [0.05, 0.1) is 0 Å². The van der Waals surface area contributed by atoms with Crippen LogP contribution in [0.1, 0.15) is 278 Å². The third-order valence-electron chi connectivity index (χ3n) is 12.9. The molecule has 426 valence electrons. The average molecular weight is 1040 g/mol. The Kier molecular flexibility index (Phi) is 58.9. The standard InChI is InChI=1S/C69H114O6/c1-4-7-10-13-16-19-22-25-28-31-33-34-35-36-37-39-41-44-47-50-53-56-59-62-68(71)74-65-66(64-73-67(70)61-58-55-52-49-46-43-40-30-27-24-21-18-15-12-9-6-3)75-69(72)63-60-57-54-51-48-45-42-38-32-29-26-23-20-17-14-11-8-5-2/h7,10,16,19-21,23-25,28-30,32-34,36-37,40-41,44,66H,4-6,8-9,11-15,17-18,22,26-27,31,35,38-39,42-43,45-65H2,1-3H3/b10-7-,19-16-,23-20-,24-21-,28-25-,32-29-,34-33-,37-36-,40-30-,44-41-. The van der Waals surface area contributed by atoms with E-state index in [2.05, 4.69) is 142 Å². The highest BCUT2D eigenvalue weighted by Gasteiger charge is 2.19. The molecule has 6 nitrogen and oxygen atoms in total. The maximum Gasteiger partial charge on any atom is 0.306 e. The summed E-state index contributed by atoms with van der Waals surface area (Å²) in [6, 6.07) is 0. The van der Waals surface area contributed by atoms with Crippen LogP contribution in [0.2, 0.25) is 0 Å². The van der Waals surface area contributed by atoms with Gasteiger partial charge in [-0.1, -0.05) is 245 Å². The summed E-state index contributed by atoms with van der Waals surface area (Å²) in [6.45, 7) is 6.46. The molecule has 0 N–H and O–H groups in total. The molecule has 0 spiro atoms. The van der Waals surface area contributed by atoms with Crippen LogP contribution in [0.3, 0.4) is 0 Å². The Morgan fingerprint density at radius 1 is 0.280 bits per heavy atom. The largest absolute Gasteiger partial charge is 0.462 e. The Morgan fingerprint density at radius 2 is 0.520 bits per heavy atom. The Balaban J connectivity index is 4.48. The zero-order chi connectivity index (χ0) is 54.3. The second kappa shape index (κ2) is 62.4. The zero-order valence-corrected chi connectivity index (χ0v) is 48.8. The topological polar surface area (TPSA) is 78.9 Å². The predicted octanol–water partition coefficient (Wildman–Crippen LogP) is 21.2. The monoisotopic (exact) mass is 1040 g/mol. The van der Waals surface area contributed by atoms with Crippen molar-refractivity contribution in [3.63, 3.8) is 0 Å². The molecule has 0 amide bonds.